The van der Waals surface area contributed by atoms with Gasteiger partial charge in [-0.15, -0.1) is 0 Å². The highest BCUT2D eigenvalue weighted by Crippen LogP contribution is 2.22. The highest BCUT2D eigenvalue weighted by atomic mass is 35.5. The molecular weight excluding hydrogens is 330 g/mol. The number of benzene rings is 2. The van der Waals surface area contributed by atoms with Crippen LogP contribution in [0.25, 0.3) is 10.9 Å². The minimum absolute atomic E-state index is 0.563. The predicted octanol–water partition coefficient (Wildman–Crippen LogP) is 3.64. The summed E-state index contributed by atoms with van der Waals surface area (Å²) in [6, 6.07) is 15.4. The Bertz CT molecular complexity index is 826. The first-order valence-electron chi connectivity index (χ1n) is 7.25. The van der Waals surface area contributed by atoms with E-state index in [2.05, 4.69) is 15.3 Å². The fraction of sp³-hybridized carbons (Fsp3) is 0.176. The molecule has 1 aromatic heterocycles. The van der Waals surface area contributed by atoms with Crippen LogP contribution in [0.2, 0.25) is 5.02 Å². The van der Waals surface area contributed by atoms with Gasteiger partial charge in [-0.25, -0.2) is 9.97 Å². The number of nitrogens with one attached hydrogen (secondary N) is 1. The second-order valence-electron chi connectivity index (χ2n) is 5.08. The predicted molar refractivity (Wildman–Crippen MR) is 96.2 cm³/mol. The van der Waals surface area contributed by atoms with E-state index < -0.39 is 10.8 Å². The van der Waals surface area contributed by atoms with E-state index in [1.807, 2.05) is 42.5 Å². The van der Waals surface area contributed by atoms with Crippen LogP contribution in [-0.2, 0) is 16.6 Å². The molecule has 0 radical (unpaired) electrons. The molecule has 0 aliphatic heterocycles. The molecule has 3 rings (SSSR count). The molecule has 1 heterocycles. The smallest absolute Gasteiger partial charge is 0.137 e. The Kier molecular flexibility index (Phi) is 5.20. The van der Waals surface area contributed by atoms with Crippen LogP contribution in [0, 0.1) is 0 Å². The summed E-state index contributed by atoms with van der Waals surface area (Å²) in [7, 11) is -0.909. The molecule has 0 aliphatic carbocycles. The van der Waals surface area contributed by atoms with E-state index in [4.69, 9.17) is 11.6 Å². The van der Waals surface area contributed by atoms with Crippen LogP contribution >= 0.6 is 11.6 Å². The quantitative estimate of drug-likeness (QED) is 0.741. The van der Waals surface area contributed by atoms with Crippen LogP contribution in [0.5, 0.6) is 0 Å². The van der Waals surface area contributed by atoms with E-state index in [1.165, 1.54) is 6.33 Å². The molecule has 0 fully saturated rings. The lowest BCUT2D eigenvalue weighted by atomic mass is 10.2. The molecule has 0 bridgehead atoms. The Balaban J connectivity index is 1.59. The lowest BCUT2D eigenvalue weighted by molar-refractivity contribution is 0.682. The molecule has 1 unspecified atom stereocenters. The second-order valence-corrected chi connectivity index (χ2v) is 7.10. The third kappa shape index (κ3) is 4.27. The molecule has 1 N–H and O–H groups in total. The molecule has 4 nitrogen and oxygen atoms in total. The minimum atomic E-state index is -0.909. The highest BCUT2D eigenvalue weighted by molar-refractivity contribution is 7.84. The topological polar surface area (TPSA) is 54.9 Å². The fourth-order valence-electron chi connectivity index (χ4n) is 2.29. The van der Waals surface area contributed by atoms with Crippen molar-refractivity contribution in [1.82, 2.24) is 9.97 Å². The van der Waals surface area contributed by atoms with Gasteiger partial charge in [-0.2, -0.15) is 0 Å². The summed E-state index contributed by atoms with van der Waals surface area (Å²) in [4.78, 5) is 8.46. The highest BCUT2D eigenvalue weighted by Gasteiger charge is 2.05. The third-order valence-corrected chi connectivity index (χ3v) is 4.94. The molecule has 6 heteroatoms. The molecule has 2 aromatic carbocycles. The van der Waals surface area contributed by atoms with Crippen molar-refractivity contribution >= 4 is 39.1 Å². The molecule has 3 aromatic rings. The molecule has 0 saturated heterocycles. The molecular formula is C17H16ClN3OS. The van der Waals surface area contributed by atoms with Crippen LogP contribution in [0.15, 0.2) is 54.9 Å². The largest absolute Gasteiger partial charge is 0.369 e. The van der Waals surface area contributed by atoms with Gasteiger partial charge in [0.15, 0.2) is 0 Å². The first-order chi connectivity index (χ1) is 11.2. The Morgan fingerprint density at radius 3 is 2.74 bits per heavy atom. The molecule has 23 heavy (non-hydrogen) atoms. The van der Waals surface area contributed by atoms with Crippen LogP contribution in [0.1, 0.15) is 5.56 Å². The maximum Gasteiger partial charge on any atom is 0.137 e. The zero-order chi connectivity index (χ0) is 16.1. The Labute approximate surface area is 142 Å². The SMILES string of the molecule is O=S(CCNc1ncnc2cc(Cl)ccc12)Cc1ccccc1. The standard InChI is InChI=1S/C17H16ClN3OS/c18-14-6-7-15-16(10-14)20-12-21-17(15)19-8-9-23(22)11-13-4-2-1-3-5-13/h1-7,10,12H,8-9,11H2,(H,19,20,21). The summed E-state index contributed by atoms with van der Waals surface area (Å²) < 4.78 is 12.1. The Morgan fingerprint density at radius 1 is 1.09 bits per heavy atom. The maximum atomic E-state index is 12.1. The van der Waals surface area contributed by atoms with Crippen LogP contribution in [0.4, 0.5) is 5.82 Å². The average molecular weight is 346 g/mol. The summed E-state index contributed by atoms with van der Waals surface area (Å²) in [5, 5.41) is 4.79. The number of rotatable bonds is 6. The maximum absolute atomic E-state index is 12.1. The first kappa shape index (κ1) is 15.9. The zero-order valence-electron chi connectivity index (χ0n) is 12.4. The lowest BCUT2D eigenvalue weighted by Gasteiger charge is -2.08. The van der Waals surface area contributed by atoms with Gasteiger partial charge < -0.3 is 5.32 Å². The minimum Gasteiger partial charge on any atom is -0.369 e. The Morgan fingerprint density at radius 2 is 1.91 bits per heavy atom. The van der Waals surface area contributed by atoms with Crippen LogP contribution in [-0.4, -0.2) is 26.5 Å². The number of aromatic nitrogens is 2. The summed E-state index contributed by atoms with van der Waals surface area (Å²) >= 11 is 5.97. The van der Waals surface area contributed by atoms with Crippen molar-refractivity contribution in [2.75, 3.05) is 17.6 Å². The normalized spacial score (nSPS) is 12.2. The summed E-state index contributed by atoms with van der Waals surface area (Å²) in [6.45, 7) is 0.591. The second kappa shape index (κ2) is 7.53. The van der Waals surface area contributed by atoms with Crippen LogP contribution in [0.3, 0.4) is 0 Å². The number of hydrogen-bond donors (Lipinski definition) is 1. The molecule has 118 valence electrons. The molecule has 0 spiro atoms. The molecule has 0 saturated carbocycles. The van der Waals surface area contributed by atoms with Crippen molar-refractivity contribution in [2.45, 2.75) is 5.75 Å². The van der Waals surface area contributed by atoms with E-state index in [-0.39, 0.29) is 0 Å². The first-order valence-corrected chi connectivity index (χ1v) is 9.12. The number of halogens is 1. The van der Waals surface area contributed by atoms with Crippen molar-refractivity contribution in [3.8, 4) is 0 Å². The zero-order valence-corrected chi connectivity index (χ0v) is 14.0. The number of hydrogen-bond acceptors (Lipinski definition) is 4. The number of anilines is 1. The monoisotopic (exact) mass is 345 g/mol. The van der Waals surface area contributed by atoms with E-state index in [0.717, 1.165) is 22.3 Å². The van der Waals surface area contributed by atoms with Crippen molar-refractivity contribution in [3.63, 3.8) is 0 Å². The van der Waals surface area contributed by atoms with Crippen molar-refractivity contribution in [3.05, 3.63) is 65.4 Å². The number of nitrogens with zero attached hydrogens (tertiary/aromatic N) is 2. The fourth-order valence-corrected chi connectivity index (χ4v) is 3.49. The van der Waals surface area contributed by atoms with Gasteiger partial charge in [0.25, 0.3) is 0 Å². The van der Waals surface area contributed by atoms with Gasteiger partial charge in [0.2, 0.25) is 0 Å². The van der Waals surface area contributed by atoms with Gasteiger partial charge in [-0.3, -0.25) is 4.21 Å². The van der Waals surface area contributed by atoms with E-state index in [0.29, 0.717) is 23.1 Å². The van der Waals surface area contributed by atoms with Gasteiger partial charge in [0.05, 0.1) is 5.52 Å². The Hall–Kier alpha value is -1.98. The van der Waals surface area contributed by atoms with Gasteiger partial charge >= 0.3 is 0 Å². The van der Waals surface area contributed by atoms with Crippen LogP contribution < -0.4 is 5.32 Å². The van der Waals surface area contributed by atoms with Gasteiger partial charge in [0, 0.05) is 39.3 Å². The van der Waals surface area contributed by atoms with Gasteiger partial charge in [-0.05, 0) is 23.8 Å². The lowest BCUT2D eigenvalue weighted by Crippen LogP contribution is -2.13. The van der Waals surface area contributed by atoms with Crippen molar-refractivity contribution in [2.24, 2.45) is 0 Å². The van der Waals surface area contributed by atoms with Crippen molar-refractivity contribution in [1.29, 1.82) is 0 Å². The van der Waals surface area contributed by atoms with E-state index >= 15 is 0 Å². The third-order valence-electron chi connectivity index (χ3n) is 3.39. The van der Waals surface area contributed by atoms with E-state index in [1.54, 1.807) is 6.07 Å². The summed E-state index contributed by atoms with van der Waals surface area (Å²) in [6.07, 6.45) is 1.50. The van der Waals surface area contributed by atoms with Crippen molar-refractivity contribution < 1.29 is 4.21 Å². The summed E-state index contributed by atoms with van der Waals surface area (Å²) in [5.41, 5.74) is 1.88. The van der Waals surface area contributed by atoms with Gasteiger partial charge in [0.1, 0.15) is 12.1 Å². The molecule has 0 amide bonds. The average Bonchev–Trinajstić information content (AvgIpc) is 2.55. The summed E-state index contributed by atoms with van der Waals surface area (Å²) in [5.74, 6) is 1.87. The molecule has 0 aliphatic rings. The van der Waals surface area contributed by atoms with Gasteiger partial charge in [-0.1, -0.05) is 41.9 Å². The molecule has 1 atom stereocenters. The number of fused-ring (bicyclic) bond motifs is 1. The van der Waals surface area contributed by atoms with E-state index in [9.17, 15) is 4.21 Å².